The molecule has 0 unspecified atom stereocenters. The predicted molar refractivity (Wildman–Crippen MR) is 107 cm³/mol. The van der Waals surface area contributed by atoms with Crippen LogP contribution in [0.25, 0.3) is 0 Å². The third-order valence-electron chi connectivity index (χ3n) is 8.84. The van der Waals surface area contributed by atoms with Crippen LogP contribution in [0.5, 0.6) is 0 Å². The molecule has 6 atom stereocenters. The van der Waals surface area contributed by atoms with Gasteiger partial charge in [0.2, 0.25) is 6.61 Å². The fourth-order valence-corrected chi connectivity index (χ4v) is 7.48. The summed E-state index contributed by atoms with van der Waals surface area (Å²) in [5.41, 5.74) is 2.77. The van der Waals surface area contributed by atoms with Crippen LogP contribution in [0.15, 0.2) is 16.8 Å². The second-order valence-corrected chi connectivity index (χ2v) is 10.0. The van der Waals surface area contributed by atoms with Gasteiger partial charge in [-0.05, 0) is 93.0 Å². The average molecular weight is 388 g/mol. The van der Waals surface area contributed by atoms with E-state index in [1.165, 1.54) is 31.3 Å². The molecule has 0 aromatic carbocycles. The van der Waals surface area contributed by atoms with Gasteiger partial charge in [0.15, 0.2) is 0 Å². The average Bonchev–Trinajstić information content (AvgIpc) is 2.99. The van der Waals surface area contributed by atoms with Crippen LogP contribution in [0, 0.1) is 34.5 Å². The molecule has 4 aliphatic rings. The predicted octanol–water partition coefficient (Wildman–Crippen LogP) is 4.61. The molecule has 0 aromatic heterocycles. The second-order valence-electron chi connectivity index (χ2n) is 10.0. The highest BCUT2D eigenvalue weighted by atomic mass is 16.6. The maximum Gasteiger partial charge on any atom is 0.344 e. The van der Waals surface area contributed by atoms with E-state index in [0.29, 0.717) is 17.6 Å². The summed E-state index contributed by atoms with van der Waals surface area (Å²) in [4.78, 5) is 27.8. The summed E-state index contributed by atoms with van der Waals surface area (Å²) in [5.74, 6) is 1.77. The summed E-state index contributed by atoms with van der Waals surface area (Å²) in [6.07, 6.45) is 11.1. The first-order valence-corrected chi connectivity index (χ1v) is 10.9. The van der Waals surface area contributed by atoms with Crippen LogP contribution in [0.1, 0.15) is 72.1 Å². The van der Waals surface area contributed by atoms with Gasteiger partial charge in [0.25, 0.3) is 0 Å². The van der Waals surface area contributed by atoms with Crippen LogP contribution in [-0.2, 0) is 14.4 Å². The van der Waals surface area contributed by atoms with Crippen molar-refractivity contribution in [3.05, 3.63) is 11.6 Å². The minimum atomic E-state index is -0.996. The zero-order chi connectivity index (χ0) is 20.1. The number of allylic oxidation sites excluding steroid dienone is 2. The number of carbonyl (C=O) groups is 2. The fraction of sp³-hybridized carbons (Fsp3) is 0.783. The lowest BCUT2D eigenvalue weighted by atomic mass is 9.46. The van der Waals surface area contributed by atoms with Gasteiger partial charge in [0.1, 0.15) is 5.78 Å². The number of carbonyl (C=O) groups excluding carboxylic acids is 1. The lowest BCUT2D eigenvalue weighted by Crippen LogP contribution is -2.51. The van der Waals surface area contributed by atoms with Gasteiger partial charge in [0, 0.05) is 5.92 Å². The molecule has 3 saturated carbocycles. The Bertz CT molecular complexity index is 741. The Balaban J connectivity index is 1.55. The zero-order valence-corrected chi connectivity index (χ0v) is 17.4. The summed E-state index contributed by atoms with van der Waals surface area (Å²) in [7, 11) is 0. The topological polar surface area (TPSA) is 76.0 Å². The summed E-state index contributed by atoms with van der Waals surface area (Å²) in [6.45, 7) is 6.24. The van der Waals surface area contributed by atoms with Crippen molar-refractivity contribution < 1.29 is 19.5 Å². The van der Waals surface area contributed by atoms with Gasteiger partial charge in [-0.3, -0.25) is 4.79 Å². The monoisotopic (exact) mass is 387 g/mol. The second kappa shape index (κ2) is 7.00. The van der Waals surface area contributed by atoms with E-state index in [2.05, 4.69) is 25.1 Å². The molecule has 0 aliphatic heterocycles. The third-order valence-corrected chi connectivity index (χ3v) is 8.84. The van der Waals surface area contributed by atoms with Crippen LogP contribution in [-0.4, -0.2) is 29.2 Å². The number of nitrogens with zero attached hydrogens (tertiary/aromatic N) is 1. The van der Waals surface area contributed by atoms with Crippen molar-refractivity contribution in [2.75, 3.05) is 6.61 Å². The zero-order valence-electron chi connectivity index (χ0n) is 17.4. The van der Waals surface area contributed by atoms with E-state index in [-0.39, 0.29) is 23.4 Å². The van der Waals surface area contributed by atoms with Gasteiger partial charge in [-0.15, -0.1) is 0 Å². The SMILES string of the molecule is CC(=O)[C@@H]1CC[C@@H]2[C@H]3CCC4=C/C(=N\OCC(=O)O)CC[C@]4(C)[C@@H]3CC[C@@]21C. The van der Waals surface area contributed by atoms with Crippen molar-refractivity contribution in [3.63, 3.8) is 0 Å². The van der Waals surface area contributed by atoms with Crippen molar-refractivity contribution >= 4 is 17.5 Å². The van der Waals surface area contributed by atoms with E-state index in [4.69, 9.17) is 9.94 Å². The van der Waals surface area contributed by atoms with E-state index >= 15 is 0 Å². The minimum absolute atomic E-state index is 0.205. The van der Waals surface area contributed by atoms with Crippen LogP contribution >= 0.6 is 0 Å². The van der Waals surface area contributed by atoms with E-state index in [9.17, 15) is 9.59 Å². The van der Waals surface area contributed by atoms with Crippen molar-refractivity contribution in [2.24, 2.45) is 39.7 Å². The maximum atomic E-state index is 12.3. The van der Waals surface area contributed by atoms with E-state index < -0.39 is 5.97 Å². The Labute approximate surface area is 167 Å². The largest absolute Gasteiger partial charge is 0.479 e. The smallest absolute Gasteiger partial charge is 0.344 e. The molecule has 0 spiro atoms. The summed E-state index contributed by atoms with van der Waals surface area (Å²) in [6, 6.07) is 0. The van der Waals surface area contributed by atoms with E-state index in [1.54, 1.807) is 6.92 Å². The maximum absolute atomic E-state index is 12.3. The number of carboxylic acids is 1. The van der Waals surface area contributed by atoms with Gasteiger partial charge in [-0.2, -0.15) is 0 Å². The molecule has 5 heteroatoms. The normalized spacial score (nSPS) is 43.5. The standard InChI is InChI=1S/C23H33NO4/c1-14(25)18-6-7-19-17-5-4-15-12-16(24-28-13-21(26)27)8-10-22(15,2)20(17)9-11-23(18,19)3/h12,17-20H,4-11,13H2,1-3H3,(H,26,27)/b24-16-/t17-,18+,19-,20-,22+,23-/m1/s1. The highest BCUT2D eigenvalue weighted by Crippen LogP contribution is 2.66. The molecule has 0 aromatic rings. The van der Waals surface area contributed by atoms with Crippen molar-refractivity contribution in [3.8, 4) is 0 Å². The molecule has 0 radical (unpaired) electrons. The molecular weight excluding hydrogens is 354 g/mol. The first kappa shape index (κ1) is 19.7. The molecule has 4 rings (SSSR count). The van der Waals surface area contributed by atoms with Gasteiger partial charge in [-0.25, -0.2) is 4.79 Å². The molecular formula is C23H33NO4. The van der Waals surface area contributed by atoms with Gasteiger partial charge in [-0.1, -0.05) is 24.6 Å². The lowest BCUT2D eigenvalue weighted by molar-refractivity contribution is -0.142. The Morgan fingerprint density at radius 1 is 1.14 bits per heavy atom. The summed E-state index contributed by atoms with van der Waals surface area (Å²) < 4.78 is 0. The van der Waals surface area contributed by atoms with Crippen LogP contribution in [0.2, 0.25) is 0 Å². The Kier molecular flexibility index (Phi) is 4.91. The van der Waals surface area contributed by atoms with E-state index in [0.717, 1.165) is 37.3 Å². The Hall–Kier alpha value is -1.65. The molecule has 5 nitrogen and oxygen atoms in total. The fourth-order valence-electron chi connectivity index (χ4n) is 7.48. The first-order valence-electron chi connectivity index (χ1n) is 10.9. The molecule has 0 bridgehead atoms. The molecule has 1 N–H and O–H groups in total. The molecule has 3 fully saturated rings. The third kappa shape index (κ3) is 3.02. The number of hydrogen-bond acceptors (Lipinski definition) is 4. The highest BCUT2D eigenvalue weighted by Gasteiger charge is 2.59. The minimum Gasteiger partial charge on any atom is -0.479 e. The van der Waals surface area contributed by atoms with Gasteiger partial charge < -0.3 is 9.94 Å². The summed E-state index contributed by atoms with van der Waals surface area (Å²) >= 11 is 0. The van der Waals surface area contributed by atoms with Crippen LogP contribution in [0.4, 0.5) is 0 Å². The molecule has 0 amide bonds. The van der Waals surface area contributed by atoms with Crippen molar-refractivity contribution in [1.29, 1.82) is 0 Å². The quantitative estimate of drug-likeness (QED) is 0.715. The number of fused-ring (bicyclic) bond motifs is 5. The van der Waals surface area contributed by atoms with Gasteiger partial charge >= 0.3 is 5.97 Å². The number of rotatable bonds is 4. The molecule has 28 heavy (non-hydrogen) atoms. The van der Waals surface area contributed by atoms with Gasteiger partial charge in [0.05, 0.1) is 5.71 Å². The lowest BCUT2D eigenvalue weighted by Gasteiger charge is -2.58. The van der Waals surface area contributed by atoms with Crippen LogP contribution in [0.3, 0.4) is 0 Å². The number of carboxylic acid groups (broad SMARTS) is 1. The molecule has 154 valence electrons. The summed E-state index contributed by atoms with van der Waals surface area (Å²) in [5, 5.41) is 12.8. The first-order chi connectivity index (χ1) is 13.3. The number of Topliss-reactive ketones (excluding diaryl/α,β-unsaturated/α-hetero) is 1. The Morgan fingerprint density at radius 3 is 2.64 bits per heavy atom. The van der Waals surface area contributed by atoms with Crippen LogP contribution < -0.4 is 0 Å². The Morgan fingerprint density at radius 2 is 1.93 bits per heavy atom. The number of oxime groups is 1. The molecule has 4 aliphatic carbocycles. The number of aliphatic carboxylic acids is 1. The number of hydrogen-bond donors (Lipinski definition) is 1. The highest BCUT2D eigenvalue weighted by molar-refractivity contribution is 5.96. The van der Waals surface area contributed by atoms with Crippen molar-refractivity contribution in [1.82, 2.24) is 0 Å². The molecule has 0 saturated heterocycles. The number of ketones is 1. The molecule has 0 heterocycles. The van der Waals surface area contributed by atoms with E-state index in [1.807, 2.05) is 0 Å². The van der Waals surface area contributed by atoms with Crippen molar-refractivity contribution in [2.45, 2.75) is 72.1 Å².